The van der Waals surface area contributed by atoms with Crippen molar-refractivity contribution in [3.05, 3.63) is 98.5 Å². The maximum atomic E-state index is 13.9. The van der Waals surface area contributed by atoms with Gasteiger partial charge in [0.2, 0.25) is 0 Å². The molecule has 1 amide bonds. The van der Waals surface area contributed by atoms with E-state index in [-0.39, 0.29) is 17.7 Å². The molecule has 0 radical (unpaired) electrons. The van der Waals surface area contributed by atoms with Crippen LogP contribution in [-0.4, -0.2) is 27.3 Å². The molecule has 1 aliphatic heterocycles. The highest BCUT2D eigenvalue weighted by atomic mass is 19.1. The summed E-state index contributed by atoms with van der Waals surface area (Å²) in [5, 5.41) is 0. The van der Waals surface area contributed by atoms with E-state index in [9.17, 15) is 14.0 Å². The summed E-state index contributed by atoms with van der Waals surface area (Å²) in [6.07, 6.45) is 1.01. The fraction of sp³-hybridized carbons (Fsp3) is 0.227. The fourth-order valence-electron chi connectivity index (χ4n) is 3.44. The van der Waals surface area contributed by atoms with Crippen LogP contribution in [-0.2, 0) is 19.4 Å². The van der Waals surface area contributed by atoms with Gasteiger partial charge in [0.05, 0.1) is 23.4 Å². The van der Waals surface area contributed by atoms with Gasteiger partial charge >= 0.3 is 0 Å². The molecule has 0 unspecified atom stereocenters. The largest absolute Gasteiger partial charge is 0.334 e. The second-order valence-corrected chi connectivity index (χ2v) is 7.06. The van der Waals surface area contributed by atoms with Crippen molar-refractivity contribution in [3.8, 4) is 0 Å². The van der Waals surface area contributed by atoms with Crippen LogP contribution in [0.15, 0.2) is 53.3 Å². The highest BCUT2D eigenvalue weighted by Gasteiger charge is 2.26. The van der Waals surface area contributed by atoms with E-state index in [2.05, 4.69) is 9.97 Å². The van der Waals surface area contributed by atoms with Gasteiger partial charge in [-0.2, -0.15) is 0 Å². The van der Waals surface area contributed by atoms with Crippen LogP contribution in [0.4, 0.5) is 4.39 Å². The van der Waals surface area contributed by atoms with Gasteiger partial charge in [-0.05, 0) is 24.6 Å². The number of amides is 1. The lowest BCUT2D eigenvalue weighted by atomic mass is 10.0. The Kier molecular flexibility index (Phi) is 4.77. The highest BCUT2D eigenvalue weighted by Crippen LogP contribution is 2.18. The zero-order chi connectivity index (χ0) is 19.7. The van der Waals surface area contributed by atoms with Crippen LogP contribution in [0, 0.1) is 12.7 Å². The SMILES string of the molecule is Cc1ccc(Cc2nc3c(c(=O)[nH]2)CN(C(=O)c2ccccc2F)CC3)cc1. The first-order valence-electron chi connectivity index (χ1n) is 9.21. The number of carbonyl (C=O) groups excluding carboxylic acids is 1. The summed E-state index contributed by atoms with van der Waals surface area (Å²) in [4.78, 5) is 34.2. The van der Waals surface area contributed by atoms with Gasteiger partial charge in [0.15, 0.2) is 0 Å². The summed E-state index contributed by atoms with van der Waals surface area (Å²) < 4.78 is 13.9. The van der Waals surface area contributed by atoms with Crippen molar-refractivity contribution >= 4 is 5.91 Å². The fourth-order valence-corrected chi connectivity index (χ4v) is 3.44. The number of benzene rings is 2. The standard InChI is InChI=1S/C22H20FN3O2/c1-14-6-8-15(9-7-14)12-20-24-19-10-11-26(13-17(19)21(27)25-20)22(28)16-4-2-3-5-18(16)23/h2-9H,10-13H2,1H3,(H,24,25,27). The van der Waals surface area contributed by atoms with Gasteiger partial charge in [-0.1, -0.05) is 42.0 Å². The summed E-state index contributed by atoms with van der Waals surface area (Å²) in [7, 11) is 0. The number of fused-ring (bicyclic) bond motifs is 1. The third-order valence-electron chi connectivity index (χ3n) is 5.00. The zero-order valence-corrected chi connectivity index (χ0v) is 15.5. The number of hydrogen-bond donors (Lipinski definition) is 1. The number of rotatable bonds is 3. The van der Waals surface area contributed by atoms with Crippen molar-refractivity contribution in [2.75, 3.05) is 6.54 Å². The second kappa shape index (κ2) is 7.38. The van der Waals surface area contributed by atoms with Crippen LogP contribution < -0.4 is 5.56 Å². The van der Waals surface area contributed by atoms with Gasteiger partial charge in [0, 0.05) is 19.4 Å². The normalized spacial score (nSPS) is 13.3. The molecule has 0 saturated heterocycles. The quantitative estimate of drug-likeness (QED) is 0.763. The molecule has 142 valence electrons. The molecule has 0 saturated carbocycles. The summed E-state index contributed by atoms with van der Waals surface area (Å²) in [6, 6.07) is 14.0. The molecule has 1 N–H and O–H groups in total. The summed E-state index contributed by atoms with van der Waals surface area (Å²) in [5.74, 6) is -0.354. The molecule has 6 heteroatoms. The first-order valence-corrected chi connectivity index (χ1v) is 9.21. The molecule has 2 aromatic carbocycles. The molecule has 5 nitrogen and oxygen atoms in total. The van der Waals surface area contributed by atoms with E-state index in [1.54, 1.807) is 12.1 Å². The Morgan fingerprint density at radius 3 is 2.68 bits per heavy atom. The third-order valence-corrected chi connectivity index (χ3v) is 5.00. The van der Waals surface area contributed by atoms with Crippen molar-refractivity contribution in [3.63, 3.8) is 0 Å². The minimum atomic E-state index is -0.557. The van der Waals surface area contributed by atoms with Crippen molar-refractivity contribution in [1.29, 1.82) is 0 Å². The number of carbonyl (C=O) groups is 1. The van der Waals surface area contributed by atoms with Crippen LogP contribution in [0.25, 0.3) is 0 Å². The predicted molar refractivity (Wildman–Crippen MR) is 104 cm³/mol. The molecule has 0 atom stereocenters. The molecule has 0 fully saturated rings. The average Bonchev–Trinajstić information content (AvgIpc) is 2.69. The van der Waals surface area contributed by atoms with Gasteiger partial charge in [-0.25, -0.2) is 9.37 Å². The Bertz CT molecular complexity index is 1090. The van der Waals surface area contributed by atoms with E-state index in [0.717, 1.165) is 5.56 Å². The molecular formula is C22H20FN3O2. The van der Waals surface area contributed by atoms with Gasteiger partial charge in [-0.15, -0.1) is 0 Å². The van der Waals surface area contributed by atoms with Gasteiger partial charge < -0.3 is 9.88 Å². The monoisotopic (exact) mass is 377 g/mol. The Morgan fingerprint density at radius 2 is 1.93 bits per heavy atom. The van der Waals surface area contributed by atoms with E-state index in [4.69, 9.17) is 0 Å². The smallest absolute Gasteiger partial charge is 0.257 e. The lowest BCUT2D eigenvalue weighted by molar-refractivity contribution is 0.0727. The lowest BCUT2D eigenvalue weighted by Crippen LogP contribution is -2.40. The van der Waals surface area contributed by atoms with Crippen molar-refractivity contribution < 1.29 is 9.18 Å². The predicted octanol–water partition coefficient (Wildman–Crippen LogP) is 3.01. The summed E-state index contributed by atoms with van der Waals surface area (Å²) in [6.45, 7) is 2.56. The zero-order valence-electron chi connectivity index (χ0n) is 15.5. The topological polar surface area (TPSA) is 66.1 Å². The molecular weight excluding hydrogens is 357 g/mol. The average molecular weight is 377 g/mol. The highest BCUT2D eigenvalue weighted by molar-refractivity contribution is 5.94. The number of aromatic nitrogens is 2. The molecule has 1 aromatic heterocycles. The molecule has 4 rings (SSSR count). The number of nitrogens with one attached hydrogen (secondary N) is 1. The number of aryl methyl sites for hydroxylation is 1. The first-order chi connectivity index (χ1) is 13.5. The van der Waals surface area contributed by atoms with Gasteiger partial charge in [-0.3, -0.25) is 9.59 Å². The van der Waals surface area contributed by atoms with Crippen LogP contribution in [0.2, 0.25) is 0 Å². The van der Waals surface area contributed by atoms with Crippen molar-refractivity contribution in [2.45, 2.75) is 26.3 Å². The molecule has 0 aliphatic carbocycles. The molecule has 2 heterocycles. The van der Waals surface area contributed by atoms with E-state index in [1.807, 2.05) is 31.2 Å². The third kappa shape index (κ3) is 3.58. The molecule has 1 aliphatic rings. The minimum absolute atomic E-state index is 0.0197. The first kappa shape index (κ1) is 18.1. The van der Waals surface area contributed by atoms with Crippen molar-refractivity contribution in [2.24, 2.45) is 0 Å². The second-order valence-electron chi connectivity index (χ2n) is 7.06. The number of aromatic amines is 1. The Balaban J connectivity index is 1.56. The van der Waals surface area contributed by atoms with E-state index < -0.39 is 11.7 Å². The van der Waals surface area contributed by atoms with E-state index in [0.29, 0.717) is 36.5 Å². The summed E-state index contributed by atoms with van der Waals surface area (Å²) in [5.41, 5.74) is 3.22. The number of hydrogen-bond acceptors (Lipinski definition) is 3. The number of nitrogens with zero attached hydrogens (tertiary/aromatic N) is 2. The lowest BCUT2D eigenvalue weighted by Gasteiger charge is -2.28. The van der Waals surface area contributed by atoms with E-state index in [1.165, 1.54) is 22.6 Å². The van der Waals surface area contributed by atoms with Crippen molar-refractivity contribution in [1.82, 2.24) is 14.9 Å². The van der Waals surface area contributed by atoms with Gasteiger partial charge in [0.25, 0.3) is 11.5 Å². The molecule has 28 heavy (non-hydrogen) atoms. The molecule has 0 spiro atoms. The van der Waals surface area contributed by atoms with Crippen LogP contribution in [0.1, 0.15) is 38.6 Å². The Labute approximate surface area is 161 Å². The number of H-pyrrole nitrogens is 1. The van der Waals surface area contributed by atoms with Crippen LogP contribution in [0.5, 0.6) is 0 Å². The molecule has 0 bridgehead atoms. The van der Waals surface area contributed by atoms with Crippen LogP contribution in [0.3, 0.4) is 0 Å². The van der Waals surface area contributed by atoms with Crippen LogP contribution >= 0.6 is 0 Å². The summed E-state index contributed by atoms with van der Waals surface area (Å²) >= 11 is 0. The Morgan fingerprint density at radius 1 is 1.18 bits per heavy atom. The number of halogens is 1. The molecule has 3 aromatic rings. The maximum absolute atomic E-state index is 13.9. The Hall–Kier alpha value is -3.28. The maximum Gasteiger partial charge on any atom is 0.257 e. The van der Waals surface area contributed by atoms with Gasteiger partial charge in [0.1, 0.15) is 11.6 Å². The minimum Gasteiger partial charge on any atom is -0.334 e. The van der Waals surface area contributed by atoms with E-state index >= 15 is 0 Å².